The number of hydrogen-bond acceptors (Lipinski definition) is 1. The van der Waals surface area contributed by atoms with Crippen LogP contribution in [0.3, 0.4) is 0 Å². The van der Waals surface area contributed by atoms with Gasteiger partial charge in [-0.15, -0.1) is 0 Å². The first-order valence-electron chi connectivity index (χ1n) is 5.11. The van der Waals surface area contributed by atoms with Crippen molar-refractivity contribution >= 4 is 23.2 Å². The van der Waals surface area contributed by atoms with Crippen molar-refractivity contribution in [1.82, 2.24) is 0 Å². The van der Waals surface area contributed by atoms with Crippen LogP contribution in [0.15, 0.2) is 0 Å². The molecule has 0 aromatic rings. The molecule has 0 rings (SSSR count). The fourth-order valence-corrected chi connectivity index (χ4v) is 1.66. The Balaban J connectivity index is 6.28. The molecule has 1 unspecified atom stereocenters. The van der Waals surface area contributed by atoms with E-state index in [1.807, 2.05) is 0 Å². The van der Waals surface area contributed by atoms with Gasteiger partial charge in [-0.1, -0.05) is 23.2 Å². The maximum absolute atomic E-state index is 13.2. The summed E-state index contributed by atoms with van der Waals surface area (Å²) < 4.78 is 168. The van der Waals surface area contributed by atoms with Gasteiger partial charge in [-0.2, -0.15) is 61.5 Å². The molecule has 152 valence electrons. The molecule has 0 fully saturated rings. The van der Waals surface area contributed by atoms with Gasteiger partial charge in [0.25, 0.3) is 0 Å². The van der Waals surface area contributed by atoms with E-state index >= 15 is 0 Å². The van der Waals surface area contributed by atoms with E-state index in [0.29, 0.717) is 0 Å². The van der Waals surface area contributed by atoms with E-state index in [1.54, 1.807) is 0 Å². The van der Waals surface area contributed by atoms with Crippen molar-refractivity contribution in [2.45, 2.75) is 46.5 Å². The topological polar surface area (TPSA) is 20.2 Å². The van der Waals surface area contributed by atoms with Crippen molar-refractivity contribution in [3.63, 3.8) is 0 Å². The Bertz CT molecular complexity index is 492. The minimum atomic E-state index is -7.39. The SMILES string of the molecule is OC(C(F)(F)C(F)(F)C(F)(F)F)C(Cl)(Cl)C(F)(F)C(F)(F)C(F)(F)F. The van der Waals surface area contributed by atoms with Crippen molar-refractivity contribution in [1.29, 1.82) is 0 Å². The van der Waals surface area contributed by atoms with Crippen molar-refractivity contribution in [2.75, 3.05) is 0 Å². The summed E-state index contributed by atoms with van der Waals surface area (Å²) in [5.74, 6) is -29.1. The molecule has 0 aliphatic carbocycles. The number of aliphatic hydroxyl groups excluding tert-OH is 1. The summed E-state index contributed by atoms with van der Waals surface area (Å²) in [7, 11) is 0. The Labute approximate surface area is 137 Å². The quantitative estimate of drug-likeness (QED) is 0.451. The van der Waals surface area contributed by atoms with Crippen LogP contribution in [-0.4, -0.2) is 51.6 Å². The molecule has 0 saturated heterocycles. The van der Waals surface area contributed by atoms with Gasteiger partial charge in [0.1, 0.15) is 0 Å². The molecule has 1 N–H and O–H groups in total. The van der Waals surface area contributed by atoms with Crippen LogP contribution < -0.4 is 0 Å². The molecular weight excluding hydrogens is 449 g/mol. The third kappa shape index (κ3) is 3.42. The summed E-state index contributed by atoms with van der Waals surface area (Å²) in [5.41, 5.74) is 0. The number of alkyl halides is 16. The van der Waals surface area contributed by atoms with Gasteiger partial charge in [0, 0.05) is 0 Å². The highest BCUT2D eigenvalue weighted by atomic mass is 35.5. The number of halogens is 16. The zero-order valence-electron chi connectivity index (χ0n) is 10.6. The van der Waals surface area contributed by atoms with Crippen molar-refractivity contribution in [3.05, 3.63) is 0 Å². The highest BCUT2D eigenvalue weighted by molar-refractivity contribution is 6.49. The zero-order chi connectivity index (χ0) is 21.1. The lowest BCUT2D eigenvalue weighted by molar-refractivity contribution is -0.388. The molecule has 17 heteroatoms. The molecule has 1 atom stereocenters. The smallest absolute Gasteiger partial charge is 0.383 e. The van der Waals surface area contributed by atoms with Crippen LogP contribution in [0.4, 0.5) is 61.5 Å². The molecule has 0 spiro atoms. The predicted molar refractivity (Wildman–Crippen MR) is 52.3 cm³/mol. The third-order valence-electron chi connectivity index (χ3n) is 2.63. The average Bonchev–Trinajstić information content (AvgIpc) is 2.34. The van der Waals surface area contributed by atoms with Gasteiger partial charge in [-0.25, -0.2) is 0 Å². The van der Waals surface area contributed by atoms with Gasteiger partial charge in [-0.3, -0.25) is 0 Å². The fourth-order valence-electron chi connectivity index (χ4n) is 1.15. The average molecular weight is 451 g/mol. The zero-order valence-corrected chi connectivity index (χ0v) is 12.1. The van der Waals surface area contributed by atoms with Crippen LogP contribution in [0.1, 0.15) is 0 Å². The second-order valence-corrected chi connectivity index (χ2v) is 5.75. The molecule has 0 amide bonds. The second-order valence-electron chi connectivity index (χ2n) is 4.37. The van der Waals surface area contributed by atoms with Gasteiger partial charge in [-0.05, 0) is 0 Å². The Morgan fingerprint density at radius 1 is 0.520 bits per heavy atom. The summed E-state index contributed by atoms with van der Waals surface area (Å²) in [5, 5.41) is 8.59. The molecule has 1 nitrogen and oxygen atoms in total. The normalized spacial score (nSPS) is 17.6. The Hall–Kier alpha value is -0.440. The van der Waals surface area contributed by atoms with Crippen molar-refractivity contribution < 1.29 is 66.6 Å². The minimum Gasteiger partial charge on any atom is -0.383 e. The first-order chi connectivity index (χ1) is 10.4. The van der Waals surface area contributed by atoms with Gasteiger partial charge in [0.05, 0.1) is 0 Å². The van der Waals surface area contributed by atoms with E-state index in [4.69, 9.17) is 5.11 Å². The molecule has 0 aromatic heterocycles. The molecule has 25 heavy (non-hydrogen) atoms. The molecule has 0 radical (unpaired) electrons. The van der Waals surface area contributed by atoms with Crippen LogP contribution >= 0.6 is 23.2 Å². The van der Waals surface area contributed by atoms with Gasteiger partial charge < -0.3 is 5.11 Å². The van der Waals surface area contributed by atoms with Crippen LogP contribution in [0.5, 0.6) is 0 Å². The maximum atomic E-state index is 13.2. The van der Waals surface area contributed by atoms with Crippen LogP contribution in [0, 0.1) is 0 Å². The lowest BCUT2D eigenvalue weighted by Crippen LogP contribution is -2.70. The summed E-state index contributed by atoms with van der Waals surface area (Å²) in [4.78, 5) is 0. The molecular formula is C8H2Cl2F14O. The Morgan fingerprint density at radius 2 is 0.800 bits per heavy atom. The molecule has 0 aromatic carbocycles. The van der Waals surface area contributed by atoms with Crippen LogP contribution in [0.25, 0.3) is 0 Å². The Kier molecular flexibility index (Phi) is 5.93. The highest BCUT2D eigenvalue weighted by Gasteiger charge is 2.86. The fraction of sp³-hybridized carbons (Fsp3) is 1.00. The Morgan fingerprint density at radius 3 is 1.04 bits per heavy atom. The van der Waals surface area contributed by atoms with E-state index in [1.165, 1.54) is 0 Å². The second kappa shape index (κ2) is 6.04. The first-order valence-corrected chi connectivity index (χ1v) is 5.87. The molecule has 0 aliphatic heterocycles. The van der Waals surface area contributed by atoms with E-state index in [9.17, 15) is 61.5 Å². The molecule has 0 saturated carbocycles. The van der Waals surface area contributed by atoms with Gasteiger partial charge >= 0.3 is 36.0 Å². The van der Waals surface area contributed by atoms with Crippen molar-refractivity contribution in [3.8, 4) is 0 Å². The highest BCUT2D eigenvalue weighted by Crippen LogP contribution is 2.60. The summed E-state index contributed by atoms with van der Waals surface area (Å²) in [6.07, 6.45) is -19.9. The number of hydrogen-bond donors (Lipinski definition) is 1. The molecule has 0 heterocycles. The summed E-state index contributed by atoms with van der Waals surface area (Å²) in [6.45, 7) is 0. The molecule has 0 bridgehead atoms. The number of rotatable bonds is 5. The maximum Gasteiger partial charge on any atom is 0.459 e. The first kappa shape index (κ1) is 24.6. The standard InChI is InChI=1S/C8H2Cl2F14O/c9-2(10,4(13,14)6(17,18)8(22,23)24)1(25)3(11,12)5(15,16)7(19,20)21/h1,25H. The number of aliphatic hydroxyl groups is 1. The van der Waals surface area contributed by atoms with Gasteiger partial charge in [0.15, 0.2) is 6.10 Å². The van der Waals surface area contributed by atoms with E-state index in [2.05, 4.69) is 23.2 Å². The largest absolute Gasteiger partial charge is 0.459 e. The van der Waals surface area contributed by atoms with Crippen LogP contribution in [-0.2, 0) is 0 Å². The van der Waals surface area contributed by atoms with E-state index < -0.39 is 46.5 Å². The monoisotopic (exact) mass is 450 g/mol. The lowest BCUT2D eigenvalue weighted by Gasteiger charge is -2.42. The minimum absolute atomic E-state index is 4.11. The predicted octanol–water partition coefficient (Wildman–Crippen LogP) is 5.19. The lowest BCUT2D eigenvalue weighted by atomic mass is 9.95. The summed E-state index contributed by atoms with van der Waals surface area (Å²) in [6, 6.07) is 0. The molecule has 0 aliphatic rings. The van der Waals surface area contributed by atoms with E-state index in [0.717, 1.165) is 0 Å². The van der Waals surface area contributed by atoms with Crippen molar-refractivity contribution in [2.24, 2.45) is 0 Å². The van der Waals surface area contributed by atoms with Gasteiger partial charge in [0.2, 0.25) is 4.33 Å². The van der Waals surface area contributed by atoms with Crippen LogP contribution in [0.2, 0.25) is 0 Å². The third-order valence-corrected chi connectivity index (χ3v) is 3.52. The van der Waals surface area contributed by atoms with E-state index in [-0.39, 0.29) is 0 Å². The summed E-state index contributed by atoms with van der Waals surface area (Å²) >= 11 is 8.23.